The van der Waals surface area contributed by atoms with Gasteiger partial charge in [0.25, 0.3) is 0 Å². The van der Waals surface area contributed by atoms with Gasteiger partial charge in [-0.15, -0.1) is 13.2 Å². The van der Waals surface area contributed by atoms with Gasteiger partial charge in [0.15, 0.2) is 0 Å². The van der Waals surface area contributed by atoms with E-state index >= 15 is 0 Å². The highest BCUT2D eigenvalue weighted by Crippen LogP contribution is 2.24. The van der Waals surface area contributed by atoms with Crippen molar-refractivity contribution in [3.63, 3.8) is 0 Å². The van der Waals surface area contributed by atoms with Gasteiger partial charge in [-0.3, -0.25) is 4.79 Å². The zero-order valence-corrected chi connectivity index (χ0v) is 14.6. The fraction of sp³-hybridized carbons (Fsp3) is 0.235. The molecule has 10 heteroatoms. The first-order valence-corrected chi connectivity index (χ1v) is 9.17. The third-order valence-corrected chi connectivity index (χ3v) is 4.97. The van der Waals surface area contributed by atoms with Gasteiger partial charge < -0.3 is 9.84 Å². The lowest BCUT2D eigenvalue weighted by molar-refractivity contribution is -0.274. The van der Waals surface area contributed by atoms with Crippen LogP contribution < -0.4 is 9.46 Å². The van der Waals surface area contributed by atoms with E-state index in [1.165, 1.54) is 0 Å². The largest absolute Gasteiger partial charge is 0.573 e. The number of nitrogens with one attached hydrogen (secondary N) is 1. The molecule has 0 aromatic heterocycles. The van der Waals surface area contributed by atoms with Crippen LogP contribution in [0.4, 0.5) is 13.2 Å². The Morgan fingerprint density at radius 1 is 1.07 bits per heavy atom. The van der Waals surface area contributed by atoms with Crippen LogP contribution in [0.3, 0.4) is 0 Å². The van der Waals surface area contributed by atoms with Crippen LogP contribution >= 0.6 is 0 Å². The fourth-order valence-corrected chi connectivity index (χ4v) is 3.61. The van der Waals surface area contributed by atoms with E-state index in [9.17, 15) is 26.4 Å². The molecule has 27 heavy (non-hydrogen) atoms. The van der Waals surface area contributed by atoms with E-state index in [1.54, 1.807) is 30.3 Å². The molecule has 0 spiro atoms. The van der Waals surface area contributed by atoms with Crippen molar-refractivity contribution >= 4 is 16.0 Å². The third-order valence-electron chi connectivity index (χ3n) is 3.44. The van der Waals surface area contributed by atoms with E-state index in [1.807, 2.05) is 0 Å². The van der Waals surface area contributed by atoms with Crippen LogP contribution in [-0.4, -0.2) is 31.9 Å². The second-order valence-corrected chi connectivity index (χ2v) is 7.34. The van der Waals surface area contributed by atoms with Crippen molar-refractivity contribution in [3.05, 3.63) is 60.2 Å². The van der Waals surface area contributed by atoms with Gasteiger partial charge in [-0.1, -0.05) is 30.3 Å². The minimum absolute atomic E-state index is 0.141. The minimum Gasteiger partial charge on any atom is -0.481 e. The molecule has 2 rings (SSSR count). The van der Waals surface area contributed by atoms with Gasteiger partial charge >= 0.3 is 12.3 Å². The highest BCUT2D eigenvalue weighted by Gasteiger charge is 2.31. The van der Waals surface area contributed by atoms with Gasteiger partial charge in [0.05, 0.1) is 11.3 Å². The lowest BCUT2D eigenvalue weighted by atomic mass is 10.0. The van der Waals surface area contributed by atoms with Gasteiger partial charge in [0, 0.05) is 6.04 Å². The summed E-state index contributed by atoms with van der Waals surface area (Å²) >= 11 is 0. The van der Waals surface area contributed by atoms with Crippen molar-refractivity contribution < 1.29 is 36.2 Å². The molecule has 0 bridgehead atoms. The van der Waals surface area contributed by atoms with Crippen molar-refractivity contribution in [2.75, 3.05) is 0 Å². The van der Waals surface area contributed by atoms with Crippen molar-refractivity contribution in [3.8, 4) is 5.75 Å². The number of carbonyl (C=O) groups is 1. The zero-order chi connectivity index (χ0) is 20.1. The molecule has 2 N–H and O–H groups in total. The van der Waals surface area contributed by atoms with E-state index in [0.717, 1.165) is 29.8 Å². The average molecular weight is 403 g/mol. The number of carboxylic acid groups (broad SMARTS) is 1. The summed E-state index contributed by atoms with van der Waals surface area (Å²) < 4.78 is 67.4. The SMILES string of the molecule is O=C(O)C[C@H](Cc1ccccc1)NS(=O)(=O)c1ccc(OC(F)(F)F)cc1. The quantitative estimate of drug-likeness (QED) is 0.707. The first kappa shape index (κ1) is 20.7. The highest BCUT2D eigenvalue weighted by atomic mass is 32.2. The molecular weight excluding hydrogens is 387 g/mol. The molecule has 6 nitrogen and oxygen atoms in total. The lowest BCUT2D eigenvalue weighted by Gasteiger charge is -2.17. The predicted molar refractivity (Wildman–Crippen MR) is 89.6 cm³/mol. The monoisotopic (exact) mass is 403 g/mol. The van der Waals surface area contributed by atoms with Crippen LogP contribution in [0, 0.1) is 0 Å². The van der Waals surface area contributed by atoms with Gasteiger partial charge in [-0.05, 0) is 36.2 Å². The van der Waals surface area contributed by atoms with Crippen LogP contribution in [0.2, 0.25) is 0 Å². The summed E-state index contributed by atoms with van der Waals surface area (Å²) in [5, 5.41) is 9.02. The van der Waals surface area contributed by atoms with Crippen molar-refractivity contribution in [2.24, 2.45) is 0 Å². The topological polar surface area (TPSA) is 92.7 Å². The van der Waals surface area contributed by atoms with Crippen LogP contribution in [0.25, 0.3) is 0 Å². The molecule has 0 aliphatic carbocycles. The van der Waals surface area contributed by atoms with E-state index in [0.29, 0.717) is 0 Å². The third kappa shape index (κ3) is 6.91. The van der Waals surface area contributed by atoms with Gasteiger partial charge in [0.2, 0.25) is 10.0 Å². The Labute approximate surface area is 153 Å². The number of aliphatic carboxylic acids is 1. The highest BCUT2D eigenvalue weighted by molar-refractivity contribution is 7.89. The first-order chi connectivity index (χ1) is 12.5. The van der Waals surface area contributed by atoms with Crippen LogP contribution in [0.5, 0.6) is 5.75 Å². The van der Waals surface area contributed by atoms with Gasteiger partial charge in [-0.25, -0.2) is 13.1 Å². The van der Waals surface area contributed by atoms with E-state index in [4.69, 9.17) is 5.11 Å². The van der Waals surface area contributed by atoms with Crippen molar-refractivity contribution in [1.82, 2.24) is 4.72 Å². The summed E-state index contributed by atoms with van der Waals surface area (Å²) in [6, 6.07) is 11.4. The van der Waals surface area contributed by atoms with Crippen LogP contribution in [0.15, 0.2) is 59.5 Å². The zero-order valence-electron chi connectivity index (χ0n) is 13.8. The van der Waals surface area contributed by atoms with E-state index < -0.39 is 40.6 Å². The smallest absolute Gasteiger partial charge is 0.481 e. The molecule has 1 atom stereocenters. The molecule has 0 heterocycles. The van der Waals surface area contributed by atoms with Crippen molar-refractivity contribution in [2.45, 2.75) is 30.1 Å². The summed E-state index contributed by atoms with van der Waals surface area (Å²) in [6.45, 7) is 0. The summed E-state index contributed by atoms with van der Waals surface area (Å²) in [7, 11) is -4.14. The Hall–Kier alpha value is -2.59. The second-order valence-electron chi connectivity index (χ2n) is 5.63. The number of hydrogen-bond acceptors (Lipinski definition) is 4. The van der Waals surface area contributed by atoms with E-state index in [2.05, 4.69) is 9.46 Å². The molecule has 0 amide bonds. The molecule has 0 saturated heterocycles. The number of rotatable bonds is 8. The Balaban J connectivity index is 2.16. The summed E-state index contributed by atoms with van der Waals surface area (Å²) in [5.74, 6) is -1.75. The molecule has 2 aromatic carbocycles. The Morgan fingerprint density at radius 3 is 2.19 bits per heavy atom. The van der Waals surface area contributed by atoms with Gasteiger partial charge in [0.1, 0.15) is 5.75 Å². The average Bonchev–Trinajstić information content (AvgIpc) is 2.53. The predicted octanol–water partition coefficient (Wildman–Crippen LogP) is 2.95. The van der Waals surface area contributed by atoms with E-state index in [-0.39, 0.29) is 11.3 Å². The molecule has 0 radical (unpaired) electrons. The van der Waals surface area contributed by atoms with Gasteiger partial charge in [-0.2, -0.15) is 0 Å². The molecule has 2 aromatic rings. The number of halogens is 3. The molecule has 0 unspecified atom stereocenters. The number of ether oxygens (including phenoxy) is 1. The maximum Gasteiger partial charge on any atom is 0.573 e. The van der Waals surface area contributed by atoms with Crippen LogP contribution in [-0.2, 0) is 21.2 Å². The normalized spacial score (nSPS) is 13.1. The number of alkyl halides is 3. The second kappa shape index (κ2) is 8.40. The standard InChI is InChI=1S/C17H16F3NO5S/c18-17(19,20)26-14-6-8-15(9-7-14)27(24,25)21-13(11-16(22)23)10-12-4-2-1-3-5-12/h1-9,13,21H,10-11H2,(H,22,23)/t13-/m0/s1. The summed E-state index contributed by atoms with van der Waals surface area (Å²) in [5.41, 5.74) is 0.736. The molecule has 0 fully saturated rings. The maximum absolute atomic E-state index is 12.4. The minimum atomic E-state index is -4.89. The van der Waals surface area contributed by atoms with Crippen LogP contribution in [0.1, 0.15) is 12.0 Å². The molecule has 0 saturated carbocycles. The van der Waals surface area contributed by atoms with Crippen molar-refractivity contribution in [1.29, 1.82) is 0 Å². The number of sulfonamides is 1. The molecule has 0 aliphatic heterocycles. The maximum atomic E-state index is 12.4. The Morgan fingerprint density at radius 2 is 1.67 bits per heavy atom. The molecular formula is C17H16F3NO5S. The first-order valence-electron chi connectivity index (χ1n) is 7.69. The molecule has 146 valence electrons. The lowest BCUT2D eigenvalue weighted by Crippen LogP contribution is -2.38. The Bertz CT molecular complexity index is 868. The summed E-state index contributed by atoms with van der Waals surface area (Å²) in [6.07, 6.45) is -5.20. The Kier molecular flexibility index (Phi) is 6.45. The number of benzene rings is 2. The summed E-state index contributed by atoms with van der Waals surface area (Å²) in [4.78, 5) is 10.7. The molecule has 0 aliphatic rings. The number of carboxylic acids is 1. The number of hydrogen-bond donors (Lipinski definition) is 2. The fourth-order valence-electron chi connectivity index (χ4n) is 2.37.